The van der Waals surface area contributed by atoms with Gasteiger partial charge in [0.15, 0.2) is 0 Å². The van der Waals surface area contributed by atoms with Crippen LogP contribution in [0.3, 0.4) is 0 Å². The van der Waals surface area contributed by atoms with Crippen molar-refractivity contribution in [2.24, 2.45) is 5.92 Å². The van der Waals surface area contributed by atoms with Crippen LogP contribution in [0.25, 0.3) is 0 Å². The maximum atomic E-state index is 13.9. The molecule has 1 aliphatic carbocycles. The maximum absolute atomic E-state index is 13.9. The van der Waals surface area contributed by atoms with Crippen molar-refractivity contribution < 1.29 is 28.7 Å². The smallest absolute Gasteiger partial charge is 0.257 e. The van der Waals surface area contributed by atoms with E-state index in [1.54, 1.807) is 44.3 Å². The van der Waals surface area contributed by atoms with E-state index in [-0.39, 0.29) is 42.4 Å². The molecule has 1 aromatic heterocycles. The fraction of sp³-hybridized carbons (Fsp3) is 0.622. The molecular weight excluding hydrogens is 638 g/mol. The molecule has 4 N–H and O–H groups in total. The van der Waals surface area contributed by atoms with Gasteiger partial charge in [0.2, 0.25) is 23.6 Å². The summed E-state index contributed by atoms with van der Waals surface area (Å²) in [6.07, 6.45) is 8.57. The van der Waals surface area contributed by atoms with Crippen molar-refractivity contribution >= 4 is 29.5 Å². The molecule has 2 aliphatic rings. The number of nitrogens with one attached hydrogen (secondary N) is 4. The van der Waals surface area contributed by atoms with E-state index in [1.165, 1.54) is 11.3 Å². The number of carbonyl (C=O) groups excluding carboxylic acids is 5. The van der Waals surface area contributed by atoms with Crippen LogP contribution in [0.2, 0.25) is 0 Å². The number of H-pyrrole nitrogens is 1. The number of aromatic nitrogens is 2. The number of ether oxygens (including phenoxy) is 1. The molecule has 13 nitrogen and oxygen atoms in total. The van der Waals surface area contributed by atoms with Gasteiger partial charge in [0.05, 0.1) is 24.6 Å². The van der Waals surface area contributed by atoms with Crippen LogP contribution in [0.4, 0.5) is 0 Å². The molecule has 1 saturated heterocycles. The largest absolute Gasteiger partial charge is 0.497 e. The quantitative estimate of drug-likeness (QED) is 0.346. The Hall–Kier alpha value is -4.42. The second kappa shape index (κ2) is 18.5. The highest BCUT2D eigenvalue weighted by Gasteiger charge is 2.33. The number of carbonyl (C=O) groups is 5. The summed E-state index contributed by atoms with van der Waals surface area (Å²) in [6.45, 7) is 6.54. The molecule has 2 heterocycles. The Morgan fingerprint density at radius 3 is 2.32 bits per heavy atom. The molecule has 0 radical (unpaired) electrons. The fourth-order valence-electron chi connectivity index (χ4n) is 6.77. The zero-order valence-corrected chi connectivity index (χ0v) is 30.3. The molecular formula is C37H55N7O6. The first-order valence-electron chi connectivity index (χ1n) is 18.1. The molecule has 2 fully saturated rings. The van der Waals surface area contributed by atoms with Gasteiger partial charge in [-0.3, -0.25) is 29.1 Å². The normalized spacial score (nSPS) is 22.7. The molecule has 3 atom stereocenters. The van der Waals surface area contributed by atoms with E-state index in [0.29, 0.717) is 50.2 Å². The standard InChI is InChI=1S/C37H55N7O6/c1-24(2)21-30-35(47)41-31(22-26-14-16-28(50-5)17-15-26)37(49)43(4)25(3)34(46)38-18-10-20-44(19-9-13-32(45)40-30)36(48)29-23-39-42-33(29)27-11-7-6-8-12-27/h14-17,23-25,27,30-31H,6-13,18-22H2,1-5H3,(H,38,46)(H,39,42)(H,40,45)(H,41,47)/t25-,30+,31-/m0/s1. The van der Waals surface area contributed by atoms with Crippen molar-refractivity contribution in [3.8, 4) is 5.75 Å². The van der Waals surface area contributed by atoms with E-state index in [4.69, 9.17) is 4.74 Å². The van der Waals surface area contributed by atoms with Gasteiger partial charge in [-0.2, -0.15) is 5.10 Å². The van der Waals surface area contributed by atoms with E-state index < -0.39 is 29.9 Å². The highest BCUT2D eigenvalue weighted by Crippen LogP contribution is 2.33. The van der Waals surface area contributed by atoms with Crippen molar-refractivity contribution in [3.05, 3.63) is 47.3 Å². The van der Waals surface area contributed by atoms with Crippen LogP contribution in [0.15, 0.2) is 30.5 Å². The van der Waals surface area contributed by atoms with Crippen LogP contribution in [-0.4, -0.2) is 101 Å². The Morgan fingerprint density at radius 1 is 0.940 bits per heavy atom. The molecule has 0 spiro atoms. The number of aromatic amines is 1. The number of methoxy groups -OCH3 is 1. The van der Waals surface area contributed by atoms with E-state index in [1.807, 2.05) is 26.0 Å². The van der Waals surface area contributed by atoms with Crippen LogP contribution in [-0.2, 0) is 25.6 Å². The third-order valence-corrected chi connectivity index (χ3v) is 9.82. The molecule has 1 aromatic carbocycles. The highest BCUT2D eigenvalue weighted by molar-refractivity contribution is 5.96. The minimum atomic E-state index is -0.984. The lowest BCUT2D eigenvalue weighted by atomic mass is 9.85. The van der Waals surface area contributed by atoms with Gasteiger partial charge < -0.3 is 30.5 Å². The lowest BCUT2D eigenvalue weighted by molar-refractivity contribution is -0.141. The second-order valence-corrected chi connectivity index (χ2v) is 14.1. The summed E-state index contributed by atoms with van der Waals surface area (Å²) >= 11 is 0. The molecule has 1 aliphatic heterocycles. The van der Waals surface area contributed by atoms with Crippen molar-refractivity contribution in [1.82, 2.24) is 35.9 Å². The zero-order chi connectivity index (χ0) is 36.2. The molecule has 13 heteroatoms. The number of hydrogen-bond acceptors (Lipinski definition) is 7. The Bertz CT molecular complexity index is 1450. The van der Waals surface area contributed by atoms with Gasteiger partial charge in [0.25, 0.3) is 5.91 Å². The van der Waals surface area contributed by atoms with Crippen LogP contribution in [0, 0.1) is 5.92 Å². The monoisotopic (exact) mass is 693 g/mol. The maximum Gasteiger partial charge on any atom is 0.257 e. The van der Waals surface area contributed by atoms with Crippen LogP contribution in [0.5, 0.6) is 5.75 Å². The average molecular weight is 694 g/mol. The Kier molecular flexibility index (Phi) is 14.2. The van der Waals surface area contributed by atoms with Crippen molar-refractivity contribution in [3.63, 3.8) is 0 Å². The van der Waals surface area contributed by atoms with Crippen molar-refractivity contribution in [2.45, 2.75) is 109 Å². The van der Waals surface area contributed by atoms with Crippen molar-refractivity contribution in [1.29, 1.82) is 0 Å². The minimum absolute atomic E-state index is 0.0764. The molecule has 0 unspecified atom stereocenters. The molecule has 1 saturated carbocycles. The van der Waals surface area contributed by atoms with Gasteiger partial charge in [0.1, 0.15) is 23.9 Å². The minimum Gasteiger partial charge on any atom is -0.497 e. The van der Waals surface area contributed by atoms with E-state index in [9.17, 15) is 24.0 Å². The summed E-state index contributed by atoms with van der Waals surface area (Å²) in [5.41, 5.74) is 2.22. The number of rotatable bonds is 7. The van der Waals surface area contributed by atoms with Crippen LogP contribution in [0.1, 0.15) is 106 Å². The lowest BCUT2D eigenvalue weighted by Gasteiger charge is -2.30. The third kappa shape index (κ3) is 10.5. The number of benzene rings is 1. The number of amides is 5. The van der Waals surface area contributed by atoms with Gasteiger partial charge in [0, 0.05) is 45.4 Å². The van der Waals surface area contributed by atoms with Crippen LogP contribution < -0.4 is 20.7 Å². The molecule has 2 aromatic rings. The molecule has 5 amide bonds. The first-order valence-corrected chi connectivity index (χ1v) is 18.1. The summed E-state index contributed by atoms with van der Waals surface area (Å²) in [4.78, 5) is 71.1. The van der Waals surface area contributed by atoms with Gasteiger partial charge in [-0.15, -0.1) is 0 Å². The number of likely N-dealkylation sites (N-methyl/N-ethyl adjacent to an activating group) is 1. The van der Waals surface area contributed by atoms with Crippen LogP contribution >= 0.6 is 0 Å². The summed E-state index contributed by atoms with van der Waals surface area (Å²) in [7, 11) is 3.11. The third-order valence-electron chi connectivity index (χ3n) is 9.82. The van der Waals surface area contributed by atoms with E-state index in [0.717, 1.165) is 36.9 Å². The second-order valence-electron chi connectivity index (χ2n) is 14.1. The number of hydrogen-bond donors (Lipinski definition) is 4. The lowest BCUT2D eigenvalue weighted by Crippen LogP contribution is -2.57. The summed E-state index contributed by atoms with van der Waals surface area (Å²) in [6, 6.07) is 4.52. The molecule has 50 heavy (non-hydrogen) atoms. The Balaban J connectivity index is 1.55. The summed E-state index contributed by atoms with van der Waals surface area (Å²) < 4.78 is 5.26. The molecule has 0 bridgehead atoms. The number of nitrogens with zero attached hydrogens (tertiary/aromatic N) is 3. The molecule has 4 rings (SSSR count). The predicted octanol–water partition coefficient (Wildman–Crippen LogP) is 3.31. The summed E-state index contributed by atoms with van der Waals surface area (Å²) in [5, 5.41) is 16.0. The van der Waals surface area contributed by atoms with E-state index in [2.05, 4.69) is 26.1 Å². The first-order chi connectivity index (χ1) is 24.0. The van der Waals surface area contributed by atoms with Gasteiger partial charge in [-0.1, -0.05) is 45.2 Å². The van der Waals surface area contributed by atoms with Gasteiger partial charge >= 0.3 is 0 Å². The van der Waals surface area contributed by atoms with E-state index >= 15 is 0 Å². The topological polar surface area (TPSA) is 166 Å². The summed E-state index contributed by atoms with van der Waals surface area (Å²) in [5.74, 6) is -0.705. The first kappa shape index (κ1) is 38.4. The SMILES string of the molecule is COc1ccc(C[C@@H]2NC(=O)[C@@H](CC(C)C)NC(=O)CCCN(C(=O)c3cn[nH]c3C3CCCCC3)CCCNC(=O)[C@H](C)N(C)C2=O)cc1. The fourth-order valence-corrected chi connectivity index (χ4v) is 6.77. The zero-order valence-electron chi connectivity index (χ0n) is 30.3. The Labute approximate surface area is 295 Å². The van der Waals surface area contributed by atoms with Crippen molar-refractivity contribution in [2.75, 3.05) is 33.8 Å². The van der Waals surface area contributed by atoms with Gasteiger partial charge in [-0.25, -0.2) is 0 Å². The Morgan fingerprint density at radius 2 is 1.64 bits per heavy atom. The molecule has 274 valence electrons. The average Bonchev–Trinajstić information content (AvgIpc) is 3.61. The predicted molar refractivity (Wildman–Crippen MR) is 189 cm³/mol. The highest BCUT2D eigenvalue weighted by atomic mass is 16.5. The van der Waals surface area contributed by atoms with Gasteiger partial charge in [-0.05, 0) is 62.6 Å².